The van der Waals surface area contributed by atoms with Crippen molar-refractivity contribution in [3.05, 3.63) is 0 Å². The Kier molecular flexibility index (Phi) is 3.03. The predicted molar refractivity (Wildman–Crippen MR) is 57.7 cm³/mol. The molecular formula is C11H23N2O2+. The van der Waals surface area contributed by atoms with Gasteiger partial charge in [0.25, 0.3) is 0 Å². The fourth-order valence-corrected chi connectivity index (χ4v) is 2.66. The third kappa shape index (κ3) is 2.04. The van der Waals surface area contributed by atoms with Gasteiger partial charge in [-0.3, -0.25) is 4.90 Å². The van der Waals surface area contributed by atoms with E-state index < -0.39 is 0 Å². The number of ether oxygens (including phenoxy) is 1. The molecule has 88 valence electrons. The van der Waals surface area contributed by atoms with Crippen molar-refractivity contribution >= 4 is 0 Å². The molecule has 0 bridgehead atoms. The van der Waals surface area contributed by atoms with E-state index in [2.05, 4.69) is 18.9 Å². The first kappa shape index (κ1) is 11.3. The molecule has 2 saturated heterocycles. The second kappa shape index (κ2) is 4.01. The molecule has 2 aliphatic heterocycles. The topological polar surface area (TPSA) is 32.7 Å². The van der Waals surface area contributed by atoms with Gasteiger partial charge in [0.05, 0.1) is 26.3 Å². The lowest BCUT2D eigenvalue weighted by Gasteiger charge is -2.50. The van der Waals surface area contributed by atoms with Crippen molar-refractivity contribution < 1.29 is 14.6 Å². The van der Waals surface area contributed by atoms with E-state index in [-0.39, 0.29) is 10.2 Å². The summed E-state index contributed by atoms with van der Waals surface area (Å²) in [5.74, 6) is 0. The zero-order valence-electron chi connectivity index (χ0n) is 9.91. The Morgan fingerprint density at radius 2 is 1.73 bits per heavy atom. The van der Waals surface area contributed by atoms with Crippen molar-refractivity contribution in [1.29, 1.82) is 0 Å². The normalized spacial score (nSPS) is 31.4. The highest BCUT2D eigenvalue weighted by molar-refractivity contribution is 4.80. The van der Waals surface area contributed by atoms with Crippen LogP contribution in [-0.4, -0.2) is 66.7 Å². The molecule has 0 unspecified atom stereocenters. The highest BCUT2D eigenvalue weighted by Crippen LogP contribution is 2.33. The third-order valence-electron chi connectivity index (χ3n) is 4.28. The molecule has 0 radical (unpaired) electrons. The molecule has 4 heteroatoms. The minimum absolute atomic E-state index is 0.0134. The SMILES string of the molecule is CN1CC[N+](O)(C2(C)CCOCC2)CC1. The van der Waals surface area contributed by atoms with Crippen molar-refractivity contribution in [2.45, 2.75) is 25.3 Å². The summed E-state index contributed by atoms with van der Waals surface area (Å²) in [6.45, 7) is 7.50. The van der Waals surface area contributed by atoms with Gasteiger partial charge in [-0.15, -0.1) is 0 Å². The molecule has 4 nitrogen and oxygen atoms in total. The predicted octanol–water partition coefficient (Wildman–Crippen LogP) is 0.707. The molecule has 0 atom stereocenters. The molecule has 1 N–H and O–H groups in total. The summed E-state index contributed by atoms with van der Waals surface area (Å²) in [4.78, 5) is 2.29. The van der Waals surface area contributed by atoms with Gasteiger partial charge in [0.2, 0.25) is 0 Å². The van der Waals surface area contributed by atoms with Crippen LogP contribution in [0.15, 0.2) is 0 Å². The maximum absolute atomic E-state index is 10.7. The van der Waals surface area contributed by atoms with E-state index in [4.69, 9.17) is 4.74 Å². The van der Waals surface area contributed by atoms with Crippen LogP contribution in [0.3, 0.4) is 0 Å². The molecule has 2 heterocycles. The number of hydrogen-bond donors (Lipinski definition) is 1. The van der Waals surface area contributed by atoms with Crippen LogP contribution in [0, 0.1) is 0 Å². The fraction of sp³-hybridized carbons (Fsp3) is 1.00. The van der Waals surface area contributed by atoms with Crippen LogP contribution < -0.4 is 0 Å². The van der Waals surface area contributed by atoms with Gasteiger partial charge in [-0.05, 0) is 14.0 Å². The zero-order valence-corrected chi connectivity index (χ0v) is 9.91. The molecule has 0 saturated carbocycles. The number of quaternary nitrogens is 1. The van der Waals surface area contributed by atoms with Crippen LogP contribution in [0.2, 0.25) is 0 Å². The second-order valence-corrected chi connectivity index (χ2v) is 5.28. The van der Waals surface area contributed by atoms with E-state index in [0.717, 1.165) is 52.2 Å². The van der Waals surface area contributed by atoms with Gasteiger partial charge in [-0.2, -0.15) is 4.65 Å². The molecule has 0 aromatic rings. The van der Waals surface area contributed by atoms with Crippen molar-refractivity contribution in [2.24, 2.45) is 0 Å². The lowest BCUT2D eigenvalue weighted by molar-refractivity contribution is -1.14. The van der Waals surface area contributed by atoms with E-state index in [9.17, 15) is 5.21 Å². The summed E-state index contributed by atoms with van der Waals surface area (Å²) in [5, 5.41) is 10.7. The number of likely N-dealkylation sites (N-methyl/N-ethyl adjacent to an activating group) is 1. The Morgan fingerprint density at radius 1 is 1.20 bits per heavy atom. The highest BCUT2D eigenvalue weighted by Gasteiger charge is 2.49. The Labute approximate surface area is 92.0 Å². The average Bonchev–Trinajstić information content (AvgIpc) is 2.24. The maximum atomic E-state index is 10.7. The molecule has 0 amide bonds. The van der Waals surface area contributed by atoms with Gasteiger partial charge in [0.15, 0.2) is 0 Å². The molecule has 0 aromatic heterocycles. The van der Waals surface area contributed by atoms with Crippen LogP contribution in [-0.2, 0) is 4.74 Å². The quantitative estimate of drug-likeness (QED) is 0.654. The lowest BCUT2D eigenvalue weighted by Crippen LogP contribution is -2.68. The van der Waals surface area contributed by atoms with Crippen molar-refractivity contribution in [3.63, 3.8) is 0 Å². The van der Waals surface area contributed by atoms with Crippen LogP contribution >= 0.6 is 0 Å². The van der Waals surface area contributed by atoms with E-state index in [1.54, 1.807) is 0 Å². The van der Waals surface area contributed by atoms with Gasteiger partial charge in [-0.25, -0.2) is 5.21 Å². The minimum Gasteiger partial charge on any atom is -0.381 e. The van der Waals surface area contributed by atoms with Crippen molar-refractivity contribution in [1.82, 2.24) is 4.90 Å². The Balaban J connectivity index is 2.06. The van der Waals surface area contributed by atoms with Crippen LogP contribution in [0.4, 0.5) is 0 Å². The van der Waals surface area contributed by atoms with Crippen molar-refractivity contribution in [3.8, 4) is 0 Å². The Bertz CT molecular complexity index is 219. The molecule has 0 aromatic carbocycles. The molecular weight excluding hydrogens is 192 g/mol. The van der Waals surface area contributed by atoms with Gasteiger partial charge >= 0.3 is 0 Å². The van der Waals surface area contributed by atoms with Gasteiger partial charge in [0.1, 0.15) is 18.6 Å². The summed E-state index contributed by atoms with van der Waals surface area (Å²) in [7, 11) is 2.12. The van der Waals surface area contributed by atoms with Crippen LogP contribution in [0.1, 0.15) is 19.8 Å². The monoisotopic (exact) mass is 215 g/mol. The molecule has 2 rings (SSSR count). The lowest BCUT2D eigenvalue weighted by atomic mass is 9.89. The first-order chi connectivity index (χ1) is 7.06. The summed E-state index contributed by atoms with van der Waals surface area (Å²) < 4.78 is 5.64. The largest absolute Gasteiger partial charge is 0.381 e. The molecule has 0 aliphatic carbocycles. The number of nitrogens with zero attached hydrogens (tertiary/aromatic N) is 2. The average molecular weight is 215 g/mol. The van der Waals surface area contributed by atoms with E-state index in [1.807, 2.05) is 0 Å². The second-order valence-electron chi connectivity index (χ2n) is 5.28. The Morgan fingerprint density at radius 3 is 2.27 bits per heavy atom. The third-order valence-corrected chi connectivity index (χ3v) is 4.28. The van der Waals surface area contributed by atoms with Gasteiger partial charge in [0, 0.05) is 12.8 Å². The van der Waals surface area contributed by atoms with Gasteiger partial charge < -0.3 is 4.74 Å². The number of rotatable bonds is 1. The molecule has 2 fully saturated rings. The molecule has 15 heavy (non-hydrogen) atoms. The van der Waals surface area contributed by atoms with Crippen LogP contribution in [0.25, 0.3) is 0 Å². The first-order valence-corrected chi connectivity index (χ1v) is 5.92. The van der Waals surface area contributed by atoms with Gasteiger partial charge in [-0.1, -0.05) is 0 Å². The van der Waals surface area contributed by atoms with E-state index >= 15 is 0 Å². The maximum Gasteiger partial charge on any atom is 0.130 e. The standard InChI is InChI=1S/C11H23N2O2/c1-11(3-9-15-10-4-11)13(14)7-5-12(2)6-8-13/h14H,3-10H2,1-2H3/q+1. The molecule has 0 spiro atoms. The number of hydrogen-bond acceptors (Lipinski definition) is 3. The van der Waals surface area contributed by atoms with E-state index in [0.29, 0.717) is 0 Å². The smallest absolute Gasteiger partial charge is 0.130 e. The summed E-state index contributed by atoms with van der Waals surface area (Å²) in [6, 6.07) is 0. The zero-order chi connectivity index (χ0) is 10.9. The minimum atomic E-state index is 0.0134. The summed E-state index contributed by atoms with van der Waals surface area (Å²) in [5.41, 5.74) is 0.0134. The summed E-state index contributed by atoms with van der Waals surface area (Å²) >= 11 is 0. The highest BCUT2D eigenvalue weighted by atomic mass is 16.6. The number of piperazine rings is 1. The van der Waals surface area contributed by atoms with Crippen molar-refractivity contribution in [2.75, 3.05) is 46.4 Å². The fourth-order valence-electron chi connectivity index (χ4n) is 2.66. The molecule has 2 aliphatic rings. The van der Waals surface area contributed by atoms with E-state index in [1.165, 1.54) is 0 Å². The summed E-state index contributed by atoms with van der Waals surface area (Å²) in [6.07, 6.45) is 1.96. The first-order valence-electron chi connectivity index (χ1n) is 5.92. The van der Waals surface area contributed by atoms with Crippen LogP contribution in [0.5, 0.6) is 0 Å². The number of hydroxylamine groups is 3. The Hall–Kier alpha value is -0.160.